The normalized spacial score (nSPS) is 18.5. The van der Waals surface area contributed by atoms with Gasteiger partial charge in [0.05, 0.1) is 6.61 Å². The van der Waals surface area contributed by atoms with Gasteiger partial charge in [-0.05, 0) is 42.2 Å². The van der Waals surface area contributed by atoms with Gasteiger partial charge in [0.25, 0.3) is 11.8 Å². The fourth-order valence-electron chi connectivity index (χ4n) is 4.07. The van der Waals surface area contributed by atoms with E-state index in [1.165, 1.54) is 24.3 Å². The Kier molecular flexibility index (Phi) is 8.96. The molecule has 1 heterocycles. The molecule has 17 heteroatoms. The van der Waals surface area contributed by atoms with Crippen LogP contribution in [-0.4, -0.2) is 44.7 Å². The Labute approximate surface area is 232 Å². The molecule has 2 N–H and O–H groups in total. The number of hydrogen-bond acceptors (Lipinski definition) is 5. The second-order valence-corrected chi connectivity index (χ2v) is 10.9. The minimum absolute atomic E-state index is 0.0906. The lowest BCUT2D eigenvalue weighted by Crippen LogP contribution is -2.60. The van der Waals surface area contributed by atoms with Crippen molar-refractivity contribution >= 4 is 27.4 Å². The minimum Gasteiger partial charge on any atom is -0.494 e. The lowest BCUT2D eigenvalue weighted by molar-refractivity contribution is -0.201. The predicted octanol–water partition coefficient (Wildman–Crippen LogP) is 5.41. The van der Waals surface area contributed by atoms with Crippen LogP contribution in [0.4, 0.5) is 39.5 Å². The monoisotopic (exact) mass is 632 g/mol. The highest BCUT2D eigenvalue weighted by Gasteiger charge is 2.60. The van der Waals surface area contributed by atoms with E-state index in [4.69, 9.17) is 4.74 Å². The Bertz CT molecular complexity index is 1460. The van der Waals surface area contributed by atoms with E-state index >= 15 is 0 Å². The maximum Gasteiger partial charge on any atom is 0.516 e. The summed E-state index contributed by atoms with van der Waals surface area (Å²) in [5, 5.41) is 1.62. The molecule has 2 aromatic rings. The molecule has 0 fully saturated rings. The van der Waals surface area contributed by atoms with Crippen molar-refractivity contribution in [1.82, 2.24) is 10.0 Å². The molecular weight excluding hydrogens is 611 g/mol. The van der Waals surface area contributed by atoms with Crippen molar-refractivity contribution in [3.63, 3.8) is 0 Å². The van der Waals surface area contributed by atoms with Crippen molar-refractivity contribution in [2.75, 3.05) is 6.61 Å². The number of nitrogens with one attached hydrogen (secondary N) is 2. The molecule has 2 amide bonds. The first kappa shape index (κ1) is 32.8. The molecule has 0 saturated carbocycles. The van der Waals surface area contributed by atoms with E-state index in [1.807, 2.05) is 0 Å². The van der Waals surface area contributed by atoms with Gasteiger partial charge in [-0.3, -0.25) is 9.59 Å². The SMILES string of the molecule is Cc1ccc(C2=C(C(=O)NS(=O)(=O)C(F)(F)F)C(=O)NC(c3ccc(OCCCC(F)(F)F)cc3)(C(F)(F)F)C2)cc1. The Morgan fingerprint density at radius 3 is 2.02 bits per heavy atom. The molecule has 1 unspecified atom stereocenters. The van der Waals surface area contributed by atoms with Crippen LogP contribution in [0.1, 0.15) is 36.0 Å². The van der Waals surface area contributed by atoms with E-state index in [0.29, 0.717) is 10.3 Å². The number of hydrogen-bond donors (Lipinski definition) is 2. The van der Waals surface area contributed by atoms with Crippen molar-refractivity contribution in [2.45, 2.75) is 49.6 Å². The number of alkyl halides is 9. The van der Waals surface area contributed by atoms with Crippen molar-refractivity contribution in [3.05, 3.63) is 70.8 Å². The standard InChI is InChI=1S/C25H21F9N2O5S/c1-14-3-5-15(6-4-14)18-13-22(24(29,30)31,16-7-9-17(10-8-16)41-12-2-11-23(26,27)28)35-20(37)19(18)21(38)36-42(39,40)25(32,33)34/h3-10H,2,11-13H2,1H3,(H,35,37)(H,36,38). The van der Waals surface area contributed by atoms with E-state index in [2.05, 4.69) is 0 Å². The summed E-state index contributed by atoms with van der Waals surface area (Å²) in [6.07, 6.45) is -12.5. The van der Waals surface area contributed by atoms with Crippen LogP contribution in [0.25, 0.3) is 5.57 Å². The Morgan fingerprint density at radius 1 is 0.952 bits per heavy atom. The van der Waals surface area contributed by atoms with Crippen LogP contribution in [0.5, 0.6) is 5.75 Å². The maximum atomic E-state index is 14.7. The van der Waals surface area contributed by atoms with Crippen LogP contribution in [0, 0.1) is 6.92 Å². The van der Waals surface area contributed by atoms with E-state index < -0.39 is 87.8 Å². The Morgan fingerprint density at radius 2 is 1.52 bits per heavy atom. The third kappa shape index (κ3) is 7.17. The molecule has 3 rings (SSSR count). The summed E-state index contributed by atoms with van der Waals surface area (Å²) in [6, 6.07) is 8.94. The number of carbonyl (C=O) groups is 2. The molecule has 0 radical (unpaired) electrons. The molecule has 7 nitrogen and oxygen atoms in total. The lowest BCUT2D eigenvalue weighted by atomic mass is 9.76. The summed E-state index contributed by atoms with van der Waals surface area (Å²) in [6.45, 7) is 1.20. The summed E-state index contributed by atoms with van der Waals surface area (Å²) in [5.74, 6) is -4.00. The number of amides is 2. The quantitative estimate of drug-likeness (QED) is 0.230. The van der Waals surface area contributed by atoms with Gasteiger partial charge in [-0.25, -0.2) is 4.72 Å². The number of halogens is 9. The van der Waals surface area contributed by atoms with E-state index in [-0.39, 0.29) is 11.3 Å². The second-order valence-electron chi connectivity index (χ2n) is 9.23. The smallest absolute Gasteiger partial charge is 0.494 e. The van der Waals surface area contributed by atoms with Crippen LogP contribution in [0.15, 0.2) is 54.1 Å². The number of rotatable bonds is 8. The first-order chi connectivity index (χ1) is 19.2. The fraction of sp³-hybridized carbons (Fsp3) is 0.360. The van der Waals surface area contributed by atoms with Crippen LogP contribution < -0.4 is 14.8 Å². The zero-order valence-electron chi connectivity index (χ0n) is 21.3. The summed E-state index contributed by atoms with van der Waals surface area (Å²) in [7, 11) is -6.33. The Balaban J connectivity index is 2.07. The highest BCUT2D eigenvalue weighted by atomic mass is 32.2. The number of sulfonamides is 1. The van der Waals surface area contributed by atoms with Gasteiger partial charge in [0.15, 0.2) is 5.54 Å². The van der Waals surface area contributed by atoms with E-state index in [0.717, 1.165) is 24.3 Å². The third-order valence-electron chi connectivity index (χ3n) is 6.16. The third-order valence-corrected chi connectivity index (χ3v) is 7.22. The Hall–Kier alpha value is -3.76. The molecule has 230 valence electrons. The highest BCUT2D eigenvalue weighted by Crippen LogP contribution is 2.48. The molecule has 2 aromatic carbocycles. The summed E-state index contributed by atoms with van der Waals surface area (Å²) in [4.78, 5) is 25.7. The van der Waals surface area contributed by atoms with E-state index in [9.17, 15) is 57.5 Å². The first-order valence-corrected chi connectivity index (χ1v) is 13.3. The van der Waals surface area contributed by atoms with Gasteiger partial charge in [-0.15, -0.1) is 0 Å². The van der Waals surface area contributed by atoms with Gasteiger partial charge in [-0.2, -0.15) is 47.9 Å². The second kappa shape index (κ2) is 11.5. The summed E-state index contributed by atoms with van der Waals surface area (Å²) in [5.41, 5.74) is -11.4. The van der Waals surface area contributed by atoms with Crippen molar-refractivity contribution in [2.24, 2.45) is 0 Å². The predicted molar refractivity (Wildman–Crippen MR) is 129 cm³/mol. The fourth-order valence-corrected chi connectivity index (χ4v) is 4.53. The molecule has 42 heavy (non-hydrogen) atoms. The molecular formula is C25H21F9N2O5S. The van der Waals surface area contributed by atoms with Gasteiger partial charge < -0.3 is 10.1 Å². The van der Waals surface area contributed by atoms with E-state index in [1.54, 1.807) is 12.2 Å². The topological polar surface area (TPSA) is 102 Å². The molecule has 1 aliphatic rings. The summed E-state index contributed by atoms with van der Waals surface area (Å²) < 4.78 is 149. The lowest BCUT2D eigenvalue weighted by Gasteiger charge is -2.41. The molecule has 0 aromatic heterocycles. The average molecular weight is 633 g/mol. The van der Waals surface area contributed by atoms with Gasteiger partial charge in [0, 0.05) is 12.8 Å². The molecule has 0 aliphatic carbocycles. The van der Waals surface area contributed by atoms with Gasteiger partial charge >= 0.3 is 27.9 Å². The summed E-state index contributed by atoms with van der Waals surface area (Å²) >= 11 is 0. The van der Waals surface area contributed by atoms with Crippen molar-refractivity contribution in [1.29, 1.82) is 0 Å². The number of carbonyl (C=O) groups excluding carboxylic acids is 2. The number of aryl methyl sites for hydroxylation is 1. The zero-order chi connectivity index (χ0) is 31.7. The number of benzene rings is 2. The van der Waals surface area contributed by atoms with Crippen molar-refractivity contribution < 1.29 is 62.3 Å². The molecule has 0 saturated heterocycles. The van der Waals surface area contributed by atoms with Gasteiger partial charge in [0.2, 0.25) is 0 Å². The zero-order valence-corrected chi connectivity index (χ0v) is 22.1. The van der Waals surface area contributed by atoms with Crippen LogP contribution in [0.3, 0.4) is 0 Å². The molecule has 1 atom stereocenters. The largest absolute Gasteiger partial charge is 0.516 e. The average Bonchev–Trinajstić information content (AvgIpc) is 2.84. The van der Waals surface area contributed by atoms with Gasteiger partial charge in [0.1, 0.15) is 11.3 Å². The maximum absolute atomic E-state index is 14.7. The first-order valence-electron chi connectivity index (χ1n) is 11.8. The van der Waals surface area contributed by atoms with Crippen LogP contribution in [0.2, 0.25) is 0 Å². The highest BCUT2D eigenvalue weighted by molar-refractivity contribution is 7.90. The minimum atomic E-state index is -6.33. The number of ether oxygens (including phenoxy) is 1. The molecule has 1 aliphatic heterocycles. The molecule has 0 spiro atoms. The van der Waals surface area contributed by atoms with Gasteiger partial charge in [-0.1, -0.05) is 42.0 Å². The van der Waals surface area contributed by atoms with Crippen molar-refractivity contribution in [3.8, 4) is 5.75 Å². The van der Waals surface area contributed by atoms with Crippen LogP contribution >= 0.6 is 0 Å². The van der Waals surface area contributed by atoms with Crippen LogP contribution in [-0.2, 0) is 25.2 Å². The molecule has 0 bridgehead atoms.